The molecular weight excluding hydrogens is 584 g/mol. The topological polar surface area (TPSA) is 68.3 Å². The Balaban J connectivity index is 1.07. The van der Waals surface area contributed by atoms with E-state index in [1.807, 2.05) is 0 Å². The summed E-state index contributed by atoms with van der Waals surface area (Å²) in [5, 5.41) is 11.2. The molecule has 4 aliphatic carbocycles. The Bertz CT molecular complexity index is 1160. The average molecular weight is 655 g/mol. The lowest BCUT2D eigenvalue weighted by molar-refractivity contribution is -0.177. The number of epoxide rings is 1. The van der Waals surface area contributed by atoms with Gasteiger partial charge in [-0.15, -0.1) is 0 Å². The first-order valence-corrected chi connectivity index (χ1v) is 20.1. The van der Waals surface area contributed by atoms with Gasteiger partial charge in [0.05, 0.1) is 11.7 Å². The van der Waals surface area contributed by atoms with Gasteiger partial charge in [-0.1, -0.05) is 105 Å². The number of ether oxygens (including phenoxy) is 3. The lowest BCUT2D eigenvalue weighted by Crippen LogP contribution is -2.58. The summed E-state index contributed by atoms with van der Waals surface area (Å²) in [6.07, 6.45) is 23.0. The summed E-state index contributed by atoms with van der Waals surface area (Å²) in [6, 6.07) is 0. The third kappa shape index (κ3) is 6.32. The van der Waals surface area contributed by atoms with Crippen LogP contribution in [-0.4, -0.2) is 41.3 Å². The van der Waals surface area contributed by atoms with Crippen LogP contribution in [0, 0.1) is 45.3 Å². The highest BCUT2D eigenvalue weighted by molar-refractivity contribution is 5.69. The van der Waals surface area contributed by atoms with E-state index in [4.69, 9.17) is 14.2 Å². The lowest BCUT2D eigenvalue weighted by atomic mass is 9.41. The zero-order valence-corrected chi connectivity index (χ0v) is 31.5. The summed E-state index contributed by atoms with van der Waals surface area (Å²) >= 11 is 0. The van der Waals surface area contributed by atoms with E-state index >= 15 is 0 Å². The predicted molar refractivity (Wildman–Crippen MR) is 189 cm³/mol. The highest BCUT2D eigenvalue weighted by Crippen LogP contribution is 2.74. The van der Waals surface area contributed by atoms with Gasteiger partial charge in [-0.05, 0) is 106 Å². The van der Waals surface area contributed by atoms with Crippen LogP contribution in [0.25, 0.3) is 0 Å². The summed E-state index contributed by atoms with van der Waals surface area (Å²) in [4.78, 5) is 13.1. The minimum atomic E-state index is -0.678. The molecule has 0 unspecified atom stereocenters. The second-order valence-corrected chi connectivity index (χ2v) is 19.0. The summed E-state index contributed by atoms with van der Waals surface area (Å²) < 4.78 is 18.5. The van der Waals surface area contributed by atoms with E-state index < -0.39 is 6.29 Å². The van der Waals surface area contributed by atoms with Crippen LogP contribution < -0.4 is 0 Å². The molecule has 0 spiro atoms. The first-order valence-electron chi connectivity index (χ1n) is 20.1. The first-order chi connectivity index (χ1) is 22.2. The van der Waals surface area contributed by atoms with E-state index in [2.05, 4.69) is 61.5 Å². The summed E-state index contributed by atoms with van der Waals surface area (Å²) in [5.74, 6) is 1.79. The third-order valence-corrected chi connectivity index (χ3v) is 15.7. The number of carbonyl (C=O) groups is 1. The van der Waals surface area contributed by atoms with Gasteiger partial charge in [-0.25, -0.2) is 0 Å². The SMILES string of the molecule is CCCCCCCCCCCC(=O)O[C@H]1CC[C@@]2(C)[C@H](CC=C3[C@@H]2CC[C@@]2(C)[C@H]([C@@H]4C[C@H]([C@@H]5OC5(C)C)O[C@@H]4O)CC[C@]32C)C1(C)C. The molecule has 2 heterocycles. The molecule has 2 saturated heterocycles. The number of unbranched alkanes of at least 4 members (excludes halogenated alkanes) is 8. The van der Waals surface area contributed by atoms with Crippen LogP contribution in [0.3, 0.4) is 0 Å². The second-order valence-electron chi connectivity index (χ2n) is 19.0. The molecule has 0 amide bonds. The summed E-state index contributed by atoms with van der Waals surface area (Å²) in [7, 11) is 0. The normalized spacial score (nSPS) is 44.7. The quantitative estimate of drug-likeness (QED) is 0.0926. The number of hydrogen-bond acceptors (Lipinski definition) is 5. The maximum absolute atomic E-state index is 13.1. The number of aliphatic hydroxyl groups is 1. The van der Waals surface area contributed by atoms with Crippen LogP contribution in [0.15, 0.2) is 11.6 Å². The molecule has 5 heteroatoms. The predicted octanol–water partition coefficient (Wildman–Crippen LogP) is 10.3. The Morgan fingerprint density at radius 1 is 0.894 bits per heavy atom. The van der Waals surface area contributed by atoms with Gasteiger partial charge >= 0.3 is 5.97 Å². The molecule has 6 aliphatic rings. The molecule has 47 heavy (non-hydrogen) atoms. The number of esters is 1. The Morgan fingerprint density at radius 3 is 2.21 bits per heavy atom. The van der Waals surface area contributed by atoms with Gasteiger partial charge in [0.2, 0.25) is 0 Å². The van der Waals surface area contributed by atoms with E-state index in [-0.39, 0.29) is 57.5 Å². The number of aliphatic hydroxyl groups excluding tert-OH is 1. The van der Waals surface area contributed by atoms with Crippen LogP contribution in [0.1, 0.15) is 171 Å². The first kappa shape index (κ1) is 35.9. The smallest absolute Gasteiger partial charge is 0.306 e. The van der Waals surface area contributed by atoms with Gasteiger partial charge < -0.3 is 19.3 Å². The molecular formula is C42H70O5. The summed E-state index contributed by atoms with van der Waals surface area (Å²) in [5.41, 5.74) is 2.11. The number of hydrogen-bond donors (Lipinski definition) is 1. The van der Waals surface area contributed by atoms with Crippen molar-refractivity contribution in [1.82, 2.24) is 0 Å². The van der Waals surface area contributed by atoms with Crippen LogP contribution >= 0.6 is 0 Å². The fourth-order valence-electron chi connectivity index (χ4n) is 12.5. The Hall–Kier alpha value is -0.910. The lowest BCUT2D eigenvalue weighted by Gasteiger charge is -2.64. The van der Waals surface area contributed by atoms with Crippen LogP contribution in [-0.2, 0) is 19.0 Å². The molecule has 3 saturated carbocycles. The van der Waals surface area contributed by atoms with Crippen molar-refractivity contribution >= 4 is 5.97 Å². The van der Waals surface area contributed by atoms with Crippen molar-refractivity contribution < 1.29 is 24.1 Å². The molecule has 11 atom stereocenters. The van der Waals surface area contributed by atoms with Crippen molar-refractivity contribution in [2.24, 2.45) is 45.3 Å². The highest BCUT2D eigenvalue weighted by Gasteiger charge is 2.67. The fourth-order valence-corrected chi connectivity index (χ4v) is 12.5. The van der Waals surface area contributed by atoms with Gasteiger partial charge in [-0.2, -0.15) is 0 Å². The van der Waals surface area contributed by atoms with Crippen molar-refractivity contribution in [2.45, 2.75) is 201 Å². The minimum Gasteiger partial charge on any atom is -0.462 e. The molecule has 0 aromatic carbocycles. The minimum absolute atomic E-state index is 0.0131. The number of fused-ring (bicyclic) bond motifs is 5. The standard InChI is InChI=1S/C42H70O5/c1-9-10-11-12-13-14-15-16-17-18-35(43)46-34-23-24-40(6)30-22-26-41(7)29(28-27-32(45-37(28)44)36-39(4,5)47-36)21-25-42(41,8)31(30)19-20-33(40)38(34,2)3/h19,28-30,32-34,36-37,44H,9-18,20-27H2,1-8H3/t28-,29-,30-,32+,33+,34-,36-,37-,40+,41-,42+/m0/s1. The Kier molecular flexibility index (Phi) is 10.2. The van der Waals surface area contributed by atoms with Crippen molar-refractivity contribution in [1.29, 1.82) is 0 Å². The molecule has 6 rings (SSSR count). The molecule has 2 aliphatic heterocycles. The van der Waals surface area contributed by atoms with Crippen molar-refractivity contribution in [3.8, 4) is 0 Å². The van der Waals surface area contributed by atoms with E-state index in [9.17, 15) is 9.90 Å². The molecule has 0 bridgehead atoms. The van der Waals surface area contributed by atoms with Gasteiger partial charge in [0, 0.05) is 17.8 Å². The number of allylic oxidation sites excluding steroid dienone is 2. The van der Waals surface area contributed by atoms with E-state index in [1.165, 1.54) is 70.6 Å². The van der Waals surface area contributed by atoms with Crippen molar-refractivity contribution in [3.05, 3.63) is 11.6 Å². The van der Waals surface area contributed by atoms with E-state index in [0.29, 0.717) is 24.2 Å². The van der Waals surface area contributed by atoms with Gasteiger partial charge in [0.15, 0.2) is 6.29 Å². The maximum atomic E-state index is 13.1. The van der Waals surface area contributed by atoms with Gasteiger partial charge in [0.1, 0.15) is 12.2 Å². The van der Waals surface area contributed by atoms with Crippen LogP contribution in [0.2, 0.25) is 0 Å². The molecule has 1 N–H and O–H groups in total. The van der Waals surface area contributed by atoms with Crippen molar-refractivity contribution in [3.63, 3.8) is 0 Å². The largest absolute Gasteiger partial charge is 0.462 e. The average Bonchev–Trinajstić information content (AvgIpc) is 3.33. The second kappa shape index (κ2) is 13.3. The van der Waals surface area contributed by atoms with E-state index in [1.54, 1.807) is 5.57 Å². The Labute approximate surface area is 287 Å². The summed E-state index contributed by atoms with van der Waals surface area (Å²) in [6.45, 7) is 19.1. The maximum Gasteiger partial charge on any atom is 0.306 e. The van der Waals surface area contributed by atoms with Crippen molar-refractivity contribution in [2.75, 3.05) is 0 Å². The molecule has 0 aromatic rings. The van der Waals surface area contributed by atoms with Crippen LogP contribution in [0.5, 0.6) is 0 Å². The molecule has 0 radical (unpaired) electrons. The molecule has 5 fully saturated rings. The number of carbonyl (C=O) groups excluding carboxylic acids is 1. The molecule has 5 nitrogen and oxygen atoms in total. The third-order valence-electron chi connectivity index (χ3n) is 15.7. The highest BCUT2D eigenvalue weighted by atomic mass is 16.7. The van der Waals surface area contributed by atoms with E-state index in [0.717, 1.165) is 38.5 Å². The van der Waals surface area contributed by atoms with Gasteiger partial charge in [0.25, 0.3) is 0 Å². The number of rotatable bonds is 13. The Morgan fingerprint density at radius 2 is 1.55 bits per heavy atom. The fraction of sp³-hybridized carbons (Fsp3) is 0.929. The molecule has 268 valence electrons. The monoisotopic (exact) mass is 655 g/mol. The van der Waals surface area contributed by atoms with Gasteiger partial charge in [-0.3, -0.25) is 4.79 Å². The van der Waals surface area contributed by atoms with Crippen LogP contribution in [0.4, 0.5) is 0 Å². The molecule has 0 aromatic heterocycles. The zero-order chi connectivity index (χ0) is 33.8. The zero-order valence-electron chi connectivity index (χ0n) is 31.5.